The summed E-state index contributed by atoms with van der Waals surface area (Å²) >= 11 is 0. The second-order valence-corrected chi connectivity index (χ2v) is 8.54. The second-order valence-electron chi connectivity index (χ2n) is 8.54. The van der Waals surface area contributed by atoms with Crippen LogP contribution in [-0.4, -0.2) is 26.4 Å². The Morgan fingerprint density at radius 2 is 1.72 bits per heavy atom. The molecule has 7 nitrogen and oxygen atoms in total. The number of aromatic amines is 1. The summed E-state index contributed by atoms with van der Waals surface area (Å²) < 4.78 is 1.28. The number of aryl methyl sites for hydroxylation is 2. The lowest BCUT2D eigenvalue weighted by molar-refractivity contribution is -0.138. The summed E-state index contributed by atoms with van der Waals surface area (Å²) in [6, 6.07) is 5.41. The van der Waals surface area contributed by atoms with E-state index in [-0.39, 0.29) is 30.1 Å². The molecule has 0 amide bonds. The maximum absolute atomic E-state index is 13.5. The molecule has 0 saturated heterocycles. The third kappa shape index (κ3) is 4.23. The predicted molar refractivity (Wildman–Crippen MR) is 109 cm³/mol. The van der Waals surface area contributed by atoms with E-state index in [4.69, 9.17) is 0 Å². The van der Waals surface area contributed by atoms with Crippen molar-refractivity contribution in [2.75, 3.05) is 0 Å². The van der Waals surface area contributed by atoms with E-state index in [1.807, 2.05) is 19.9 Å². The fraction of sp³-hybridized carbons (Fsp3) is 0.455. The van der Waals surface area contributed by atoms with Gasteiger partial charge in [0, 0.05) is 17.7 Å². The topological polar surface area (TPSA) is 109 Å². The highest BCUT2D eigenvalue weighted by atomic mass is 16.4. The lowest BCUT2D eigenvalue weighted by Gasteiger charge is -2.21. The molecule has 1 aromatic carbocycles. The Balaban J connectivity index is 2.22. The number of nitrogens with one attached hydrogen (secondary N) is 1. The van der Waals surface area contributed by atoms with Crippen LogP contribution in [0.2, 0.25) is 0 Å². The van der Waals surface area contributed by atoms with E-state index >= 15 is 0 Å². The van der Waals surface area contributed by atoms with E-state index in [1.165, 1.54) is 4.57 Å². The van der Waals surface area contributed by atoms with Gasteiger partial charge in [-0.25, -0.2) is 4.79 Å². The van der Waals surface area contributed by atoms with Crippen molar-refractivity contribution in [3.8, 4) is 0 Å². The first kappa shape index (κ1) is 20.8. The van der Waals surface area contributed by atoms with Gasteiger partial charge in [-0.05, 0) is 50.2 Å². The van der Waals surface area contributed by atoms with Crippen molar-refractivity contribution in [1.82, 2.24) is 9.55 Å². The van der Waals surface area contributed by atoms with Crippen molar-refractivity contribution in [2.45, 2.75) is 59.4 Å². The van der Waals surface area contributed by atoms with Crippen molar-refractivity contribution in [3.63, 3.8) is 0 Å². The van der Waals surface area contributed by atoms with Gasteiger partial charge >= 0.3 is 11.7 Å². The van der Waals surface area contributed by atoms with Crippen LogP contribution in [0.25, 0.3) is 0 Å². The van der Waals surface area contributed by atoms with E-state index in [9.17, 15) is 24.3 Å². The number of H-pyrrole nitrogens is 1. The fourth-order valence-corrected chi connectivity index (χ4v) is 3.98. The van der Waals surface area contributed by atoms with Crippen LogP contribution < -0.4 is 11.2 Å². The Morgan fingerprint density at radius 1 is 1.14 bits per heavy atom. The van der Waals surface area contributed by atoms with E-state index in [1.54, 1.807) is 26.0 Å². The number of hydrogen-bond acceptors (Lipinski definition) is 4. The minimum atomic E-state index is -0.939. The number of carbonyl (C=O) groups excluding carboxylic acids is 1. The zero-order chi connectivity index (χ0) is 21.5. The highest BCUT2D eigenvalue weighted by Crippen LogP contribution is 2.50. The lowest BCUT2D eigenvalue weighted by Crippen LogP contribution is -2.39. The van der Waals surface area contributed by atoms with Gasteiger partial charge < -0.3 is 5.11 Å². The van der Waals surface area contributed by atoms with Crippen molar-refractivity contribution in [2.24, 2.45) is 5.41 Å². The highest BCUT2D eigenvalue weighted by Gasteiger charge is 2.46. The van der Waals surface area contributed by atoms with Gasteiger partial charge in [-0.1, -0.05) is 31.0 Å². The van der Waals surface area contributed by atoms with Gasteiger partial charge in [0.05, 0.1) is 6.42 Å². The number of aliphatic carboxylic acids is 1. The van der Waals surface area contributed by atoms with Crippen LogP contribution in [-0.2, 0) is 11.3 Å². The Labute approximate surface area is 168 Å². The maximum Gasteiger partial charge on any atom is 0.328 e. The summed E-state index contributed by atoms with van der Waals surface area (Å²) in [5.41, 5.74) is 0.729. The van der Waals surface area contributed by atoms with Crippen LogP contribution in [0.15, 0.2) is 27.8 Å². The van der Waals surface area contributed by atoms with Crippen LogP contribution in [0, 0.1) is 19.3 Å². The highest BCUT2D eigenvalue weighted by molar-refractivity contribution is 6.09. The van der Waals surface area contributed by atoms with E-state index in [0.29, 0.717) is 18.4 Å². The molecule has 0 bridgehead atoms. The molecular weight excluding hydrogens is 372 g/mol. The molecule has 0 radical (unpaired) electrons. The normalized spacial score (nSPS) is 14.8. The number of carboxylic acids is 1. The molecule has 1 fully saturated rings. The average Bonchev–Trinajstić information content (AvgIpc) is 3.33. The van der Waals surface area contributed by atoms with Crippen molar-refractivity contribution in [1.29, 1.82) is 0 Å². The summed E-state index contributed by atoms with van der Waals surface area (Å²) in [4.78, 5) is 52.3. The molecule has 2 aromatic rings. The zero-order valence-electron chi connectivity index (χ0n) is 17.2. The van der Waals surface area contributed by atoms with Crippen molar-refractivity contribution >= 4 is 11.8 Å². The van der Waals surface area contributed by atoms with Crippen LogP contribution >= 0.6 is 0 Å². The third-order valence-electron chi connectivity index (χ3n) is 5.49. The largest absolute Gasteiger partial charge is 0.481 e. The van der Waals surface area contributed by atoms with Gasteiger partial charge in [-0.2, -0.15) is 0 Å². The molecule has 0 spiro atoms. The Morgan fingerprint density at radius 3 is 2.21 bits per heavy atom. The molecule has 1 aromatic heterocycles. The number of carboxylic acid groups (broad SMARTS) is 1. The minimum Gasteiger partial charge on any atom is -0.481 e. The molecule has 0 unspecified atom stereocenters. The molecule has 7 heteroatoms. The molecule has 3 rings (SSSR count). The van der Waals surface area contributed by atoms with Crippen LogP contribution in [0.4, 0.5) is 0 Å². The van der Waals surface area contributed by atoms with Gasteiger partial charge in [0.15, 0.2) is 0 Å². The molecule has 29 heavy (non-hydrogen) atoms. The predicted octanol–water partition coefficient (Wildman–Crippen LogP) is 2.76. The van der Waals surface area contributed by atoms with Gasteiger partial charge in [0.25, 0.3) is 5.56 Å². The number of ketones is 1. The molecule has 0 aliphatic heterocycles. The number of benzene rings is 1. The van der Waals surface area contributed by atoms with Gasteiger partial charge in [-0.3, -0.25) is 23.9 Å². The number of aromatic nitrogens is 2. The fourth-order valence-electron chi connectivity index (χ4n) is 3.98. The Hall–Kier alpha value is -2.96. The van der Waals surface area contributed by atoms with Crippen molar-refractivity contribution < 1.29 is 14.7 Å². The standard InChI is InChI=1S/C22H26N2O5/c1-12(2)17-18(19(27)15-8-13(3)7-14(4)9-15)24(21(29)23-20(17)28)11-22(5-6-22)10-16(25)26/h7-9,12H,5-6,10-11H2,1-4H3,(H,25,26)(H,23,28,29). The summed E-state index contributed by atoms with van der Waals surface area (Å²) in [5, 5.41) is 9.23. The first-order valence-corrected chi connectivity index (χ1v) is 9.75. The van der Waals surface area contributed by atoms with Crippen LogP contribution in [0.5, 0.6) is 0 Å². The molecule has 154 valence electrons. The minimum absolute atomic E-state index is 0.0652. The summed E-state index contributed by atoms with van der Waals surface area (Å²) in [7, 11) is 0. The number of carbonyl (C=O) groups is 2. The van der Waals surface area contributed by atoms with Gasteiger partial charge in [0.2, 0.25) is 5.78 Å². The zero-order valence-corrected chi connectivity index (χ0v) is 17.2. The SMILES string of the molecule is Cc1cc(C)cc(C(=O)c2c(C(C)C)c(=O)[nH]c(=O)n2CC2(CC(=O)O)CC2)c1. The van der Waals surface area contributed by atoms with Gasteiger partial charge in [-0.15, -0.1) is 0 Å². The number of hydrogen-bond donors (Lipinski definition) is 2. The van der Waals surface area contributed by atoms with Crippen LogP contribution in [0.3, 0.4) is 0 Å². The third-order valence-corrected chi connectivity index (χ3v) is 5.49. The first-order chi connectivity index (χ1) is 13.5. The molecule has 0 atom stereocenters. The molecule has 1 aliphatic rings. The molecule has 1 aliphatic carbocycles. The Kier molecular flexibility index (Phi) is 5.34. The monoisotopic (exact) mass is 398 g/mol. The second kappa shape index (κ2) is 7.46. The van der Waals surface area contributed by atoms with E-state index < -0.39 is 28.4 Å². The quantitative estimate of drug-likeness (QED) is 0.697. The van der Waals surface area contributed by atoms with E-state index in [0.717, 1.165) is 11.1 Å². The maximum atomic E-state index is 13.5. The molecule has 1 saturated carbocycles. The molecule has 1 heterocycles. The number of nitrogens with zero attached hydrogens (tertiary/aromatic N) is 1. The van der Waals surface area contributed by atoms with Crippen LogP contribution in [0.1, 0.15) is 71.8 Å². The van der Waals surface area contributed by atoms with Crippen molar-refractivity contribution in [3.05, 3.63) is 67.0 Å². The lowest BCUT2D eigenvalue weighted by atomic mass is 9.94. The van der Waals surface area contributed by atoms with Gasteiger partial charge in [0.1, 0.15) is 5.69 Å². The Bertz CT molecular complexity index is 1080. The molecule has 2 N–H and O–H groups in total. The van der Waals surface area contributed by atoms with E-state index in [2.05, 4.69) is 4.98 Å². The summed E-state index contributed by atoms with van der Waals surface area (Å²) in [6.07, 6.45) is 1.25. The summed E-state index contributed by atoms with van der Waals surface area (Å²) in [5.74, 6) is -1.62. The molecular formula is C22H26N2O5. The number of rotatable bonds is 7. The smallest absolute Gasteiger partial charge is 0.328 e. The first-order valence-electron chi connectivity index (χ1n) is 9.75. The average molecular weight is 398 g/mol. The summed E-state index contributed by atoms with van der Waals surface area (Å²) in [6.45, 7) is 7.44.